The number of imidazole rings is 1. The maximum Gasteiger partial charge on any atom is 0.155 e. The Balaban J connectivity index is 1.36. The first-order chi connectivity index (χ1) is 13.6. The van der Waals surface area contributed by atoms with Crippen molar-refractivity contribution >= 4 is 17.3 Å². The van der Waals surface area contributed by atoms with Crippen molar-refractivity contribution in [2.24, 2.45) is 0 Å². The third kappa shape index (κ3) is 3.06. The number of aromatic nitrogens is 2. The van der Waals surface area contributed by atoms with E-state index in [9.17, 15) is 0 Å². The minimum atomic E-state index is 0.509. The van der Waals surface area contributed by atoms with Gasteiger partial charge in [0.25, 0.3) is 0 Å². The van der Waals surface area contributed by atoms with Gasteiger partial charge in [-0.1, -0.05) is 29.8 Å². The standard InChI is InChI=1S/C23H21ClN4/c1-14-2-9-19(10-20(14)21-22(24)27-23(26-21)17-7-8-17)28-12-18(13-28)16-5-3-15(11-25)4-6-16/h2-6,9-10,17-18H,7-8,12-13H2,1H3,(H,26,27). The van der Waals surface area contributed by atoms with Gasteiger partial charge in [-0.05, 0) is 55.2 Å². The molecule has 140 valence electrons. The number of benzene rings is 2. The zero-order valence-electron chi connectivity index (χ0n) is 15.7. The van der Waals surface area contributed by atoms with Crippen LogP contribution in [0.4, 0.5) is 5.69 Å². The molecule has 0 radical (unpaired) electrons. The lowest BCUT2D eigenvalue weighted by atomic mass is 9.90. The maximum atomic E-state index is 8.95. The molecule has 0 atom stereocenters. The Kier molecular flexibility index (Phi) is 4.14. The van der Waals surface area contributed by atoms with Crippen molar-refractivity contribution < 1.29 is 0 Å². The van der Waals surface area contributed by atoms with Gasteiger partial charge in [-0.15, -0.1) is 0 Å². The normalized spacial score (nSPS) is 16.7. The average molecular weight is 389 g/mol. The number of rotatable bonds is 4. The summed E-state index contributed by atoms with van der Waals surface area (Å²) in [5, 5.41) is 9.52. The molecule has 0 unspecified atom stereocenters. The molecule has 5 heteroatoms. The number of nitriles is 1. The molecule has 0 amide bonds. The van der Waals surface area contributed by atoms with Crippen molar-refractivity contribution in [3.8, 4) is 17.3 Å². The molecule has 1 N–H and O–H groups in total. The Morgan fingerprint density at radius 1 is 1.11 bits per heavy atom. The van der Waals surface area contributed by atoms with Crippen molar-refractivity contribution in [3.05, 3.63) is 70.1 Å². The van der Waals surface area contributed by atoms with E-state index in [1.165, 1.54) is 29.7 Å². The SMILES string of the molecule is Cc1ccc(N2CC(c3ccc(C#N)cc3)C2)cc1-c1[nH]c(C2CC2)nc1Cl. The highest BCUT2D eigenvalue weighted by Crippen LogP contribution is 2.42. The van der Waals surface area contributed by atoms with Gasteiger partial charge in [0.1, 0.15) is 5.82 Å². The lowest BCUT2D eigenvalue weighted by Gasteiger charge is -2.41. The van der Waals surface area contributed by atoms with E-state index in [1.807, 2.05) is 12.1 Å². The van der Waals surface area contributed by atoms with E-state index in [1.54, 1.807) is 0 Å². The van der Waals surface area contributed by atoms with Crippen molar-refractivity contribution in [2.45, 2.75) is 31.6 Å². The number of hydrogen-bond acceptors (Lipinski definition) is 3. The van der Waals surface area contributed by atoms with Crippen molar-refractivity contribution in [3.63, 3.8) is 0 Å². The average Bonchev–Trinajstić information content (AvgIpc) is 3.45. The highest BCUT2D eigenvalue weighted by Gasteiger charge is 2.30. The predicted octanol–water partition coefficient (Wildman–Crippen LogP) is 5.39. The molecule has 5 rings (SSSR count). The summed E-state index contributed by atoms with van der Waals surface area (Å²) < 4.78 is 0. The first-order valence-electron chi connectivity index (χ1n) is 9.74. The predicted molar refractivity (Wildman–Crippen MR) is 112 cm³/mol. The van der Waals surface area contributed by atoms with Crippen molar-refractivity contribution in [2.75, 3.05) is 18.0 Å². The number of nitrogens with zero attached hydrogens (tertiary/aromatic N) is 3. The van der Waals surface area contributed by atoms with Crippen LogP contribution in [0.1, 0.15) is 47.2 Å². The largest absolute Gasteiger partial charge is 0.370 e. The molecule has 0 bridgehead atoms. The van der Waals surface area contributed by atoms with Gasteiger partial charge in [0.15, 0.2) is 5.15 Å². The van der Waals surface area contributed by atoms with E-state index < -0.39 is 0 Å². The van der Waals surface area contributed by atoms with Gasteiger partial charge >= 0.3 is 0 Å². The molecule has 1 saturated carbocycles. The molecule has 1 aliphatic heterocycles. The van der Waals surface area contributed by atoms with Crippen LogP contribution < -0.4 is 4.90 Å². The molecule has 4 nitrogen and oxygen atoms in total. The Morgan fingerprint density at radius 2 is 1.86 bits per heavy atom. The fourth-order valence-corrected chi connectivity index (χ4v) is 4.14. The number of halogens is 1. The Bertz CT molecular complexity index is 1070. The molecule has 1 saturated heterocycles. The molecular formula is C23H21ClN4. The van der Waals surface area contributed by atoms with Gasteiger partial charge in [0, 0.05) is 36.2 Å². The number of nitrogens with one attached hydrogen (secondary N) is 1. The second kappa shape index (κ2) is 6.68. The molecule has 3 aromatic rings. The minimum absolute atomic E-state index is 0.509. The third-order valence-corrected chi connectivity index (χ3v) is 6.16. The summed E-state index contributed by atoms with van der Waals surface area (Å²) in [6.07, 6.45) is 2.40. The first kappa shape index (κ1) is 17.3. The molecule has 2 heterocycles. The van der Waals surface area contributed by atoms with Crippen LogP contribution in [0.25, 0.3) is 11.3 Å². The second-order valence-corrected chi connectivity index (χ2v) is 8.26. The summed E-state index contributed by atoms with van der Waals surface area (Å²) in [6, 6.07) is 16.7. The summed E-state index contributed by atoms with van der Waals surface area (Å²) in [5.41, 5.74) is 6.49. The quantitative estimate of drug-likeness (QED) is 0.651. The minimum Gasteiger partial charge on any atom is -0.370 e. The number of hydrogen-bond donors (Lipinski definition) is 1. The zero-order chi connectivity index (χ0) is 19.3. The Morgan fingerprint density at radius 3 is 2.54 bits per heavy atom. The molecule has 0 spiro atoms. The highest BCUT2D eigenvalue weighted by atomic mass is 35.5. The number of aryl methyl sites for hydroxylation is 1. The van der Waals surface area contributed by atoms with Crippen LogP contribution in [-0.4, -0.2) is 23.1 Å². The number of aromatic amines is 1. The lowest BCUT2D eigenvalue weighted by molar-refractivity contribution is 0.525. The number of H-pyrrole nitrogens is 1. The monoisotopic (exact) mass is 388 g/mol. The zero-order valence-corrected chi connectivity index (χ0v) is 16.5. The van der Waals surface area contributed by atoms with Crippen LogP contribution in [0.2, 0.25) is 5.15 Å². The summed E-state index contributed by atoms with van der Waals surface area (Å²) in [7, 11) is 0. The van der Waals surface area contributed by atoms with E-state index in [4.69, 9.17) is 16.9 Å². The van der Waals surface area contributed by atoms with E-state index >= 15 is 0 Å². The summed E-state index contributed by atoms with van der Waals surface area (Å²) in [6.45, 7) is 4.08. The molecule has 2 aliphatic rings. The van der Waals surface area contributed by atoms with Crippen LogP contribution in [0.3, 0.4) is 0 Å². The van der Waals surface area contributed by atoms with Gasteiger partial charge < -0.3 is 9.88 Å². The molecule has 1 aliphatic carbocycles. The summed E-state index contributed by atoms with van der Waals surface area (Å²) in [4.78, 5) is 10.4. The van der Waals surface area contributed by atoms with Crippen molar-refractivity contribution in [1.29, 1.82) is 5.26 Å². The smallest absolute Gasteiger partial charge is 0.155 e. The summed E-state index contributed by atoms with van der Waals surface area (Å²) >= 11 is 6.45. The second-order valence-electron chi connectivity index (χ2n) is 7.90. The Labute approximate surface area is 169 Å². The summed E-state index contributed by atoms with van der Waals surface area (Å²) in [5.74, 6) is 2.09. The van der Waals surface area contributed by atoms with Crippen LogP contribution in [0.5, 0.6) is 0 Å². The van der Waals surface area contributed by atoms with E-state index in [0.717, 1.165) is 30.2 Å². The van der Waals surface area contributed by atoms with Crippen LogP contribution in [0, 0.1) is 18.3 Å². The highest BCUT2D eigenvalue weighted by molar-refractivity contribution is 6.32. The molecular weight excluding hydrogens is 368 g/mol. The van der Waals surface area contributed by atoms with Crippen LogP contribution >= 0.6 is 11.6 Å². The van der Waals surface area contributed by atoms with Crippen LogP contribution in [-0.2, 0) is 0 Å². The van der Waals surface area contributed by atoms with E-state index in [-0.39, 0.29) is 0 Å². The van der Waals surface area contributed by atoms with E-state index in [0.29, 0.717) is 22.6 Å². The third-order valence-electron chi connectivity index (χ3n) is 5.89. The fourth-order valence-electron chi connectivity index (χ4n) is 3.90. The van der Waals surface area contributed by atoms with Crippen molar-refractivity contribution in [1.82, 2.24) is 9.97 Å². The van der Waals surface area contributed by atoms with Gasteiger partial charge in [-0.25, -0.2) is 4.98 Å². The first-order valence-corrected chi connectivity index (χ1v) is 10.1. The maximum absolute atomic E-state index is 8.95. The molecule has 1 aromatic heterocycles. The molecule has 28 heavy (non-hydrogen) atoms. The molecule has 2 fully saturated rings. The van der Waals surface area contributed by atoms with Crippen LogP contribution in [0.15, 0.2) is 42.5 Å². The molecule has 2 aromatic carbocycles. The fraction of sp³-hybridized carbons (Fsp3) is 0.304. The van der Waals surface area contributed by atoms with Gasteiger partial charge in [0.05, 0.1) is 17.3 Å². The van der Waals surface area contributed by atoms with Gasteiger partial charge in [-0.2, -0.15) is 5.26 Å². The van der Waals surface area contributed by atoms with Gasteiger partial charge in [0.2, 0.25) is 0 Å². The topological polar surface area (TPSA) is 55.7 Å². The lowest BCUT2D eigenvalue weighted by Crippen LogP contribution is -2.45. The van der Waals surface area contributed by atoms with Gasteiger partial charge in [-0.3, -0.25) is 0 Å². The van der Waals surface area contributed by atoms with E-state index in [2.05, 4.69) is 58.2 Å². The number of anilines is 1. The Hall–Kier alpha value is -2.77.